The molecule has 0 bridgehead atoms. The minimum absolute atomic E-state index is 0.464. The van der Waals surface area contributed by atoms with Crippen molar-refractivity contribution in [2.24, 2.45) is 5.92 Å². The van der Waals surface area contributed by atoms with Crippen molar-refractivity contribution in [3.63, 3.8) is 0 Å². The number of hydrogen-bond acceptors (Lipinski definition) is 1. The van der Waals surface area contributed by atoms with Gasteiger partial charge in [-0.3, -0.25) is 0 Å². The highest BCUT2D eigenvalue weighted by atomic mass is 14.9. The van der Waals surface area contributed by atoms with E-state index in [2.05, 4.69) is 80.8 Å². The van der Waals surface area contributed by atoms with Gasteiger partial charge in [0.05, 0.1) is 0 Å². The third-order valence-electron chi connectivity index (χ3n) is 4.32. The highest BCUT2D eigenvalue weighted by Crippen LogP contribution is 2.23. The molecular weight excluding hydrogens is 254 g/mol. The topological polar surface area (TPSA) is 12.0 Å². The summed E-state index contributed by atoms with van der Waals surface area (Å²) in [7, 11) is 2.06. The summed E-state index contributed by atoms with van der Waals surface area (Å²) in [6.07, 6.45) is 3.45. The minimum atomic E-state index is 0.464. The molecule has 0 spiro atoms. The molecule has 1 heteroatoms. The molecule has 21 heavy (non-hydrogen) atoms. The van der Waals surface area contributed by atoms with Crippen LogP contribution in [0, 0.1) is 5.92 Å². The SMILES string of the molecule is CCC(C)CC(NC)c1ccc(Cc2ccccc2)cc1. The fraction of sp³-hybridized carbons (Fsp3) is 0.400. The summed E-state index contributed by atoms with van der Waals surface area (Å²) < 4.78 is 0. The predicted octanol–water partition coefficient (Wildman–Crippen LogP) is 4.97. The first-order chi connectivity index (χ1) is 10.2. The van der Waals surface area contributed by atoms with Gasteiger partial charge in [0, 0.05) is 6.04 Å². The smallest absolute Gasteiger partial charge is 0.0320 e. The van der Waals surface area contributed by atoms with E-state index in [4.69, 9.17) is 0 Å². The monoisotopic (exact) mass is 281 g/mol. The van der Waals surface area contributed by atoms with E-state index in [1.165, 1.54) is 29.5 Å². The van der Waals surface area contributed by atoms with E-state index < -0.39 is 0 Å². The van der Waals surface area contributed by atoms with Crippen LogP contribution in [0.4, 0.5) is 0 Å². The Morgan fingerprint density at radius 2 is 1.52 bits per heavy atom. The van der Waals surface area contributed by atoms with Gasteiger partial charge >= 0.3 is 0 Å². The van der Waals surface area contributed by atoms with Crippen molar-refractivity contribution in [1.82, 2.24) is 5.32 Å². The first-order valence-electron chi connectivity index (χ1n) is 8.03. The van der Waals surface area contributed by atoms with Gasteiger partial charge in [0.25, 0.3) is 0 Å². The molecule has 2 rings (SSSR count). The van der Waals surface area contributed by atoms with Crippen LogP contribution in [0.5, 0.6) is 0 Å². The Kier molecular flexibility index (Phi) is 6.01. The van der Waals surface area contributed by atoms with Crippen LogP contribution >= 0.6 is 0 Å². The maximum Gasteiger partial charge on any atom is 0.0320 e. The molecule has 0 aliphatic heterocycles. The van der Waals surface area contributed by atoms with E-state index in [9.17, 15) is 0 Å². The van der Waals surface area contributed by atoms with Crippen LogP contribution in [0.2, 0.25) is 0 Å². The second-order valence-electron chi connectivity index (χ2n) is 5.99. The van der Waals surface area contributed by atoms with Gasteiger partial charge in [-0.1, -0.05) is 74.9 Å². The van der Waals surface area contributed by atoms with Gasteiger partial charge < -0.3 is 5.32 Å². The maximum atomic E-state index is 3.45. The Bertz CT molecular complexity index is 515. The molecule has 2 aromatic carbocycles. The van der Waals surface area contributed by atoms with Gasteiger partial charge in [-0.2, -0.15) is 0 Å². The molecule has 2 aromatic rings. The first kappa shape index (κ1) is 15.8. The molecule has 0 saturated carbocycles. The van der Waals surface area contributed by atoms with E-state index in [-0.39, 0.29) is 0 Å². The summed E-state index contributed by atoms with van der Waals surface area (Å²) in [6.45, 7) is 4.59. The van der Waals surface area contributed by atoms with Crippen molar-refractivity contribution in [3.8, 4) is 0 Å². The molecule has 0 heterocycles. The number of nitrogens with one attached hydrogen (secondary N) is 1. The quantitative estimate of drug-likeness (QED) is 0.755. The van der Waals surface area contributed by atoms with Crippen molar-refractivity contribution in [2.45, 2.75) is 39.2 Å². The van der Waals surface area contributed by atoms with Crippen LogP contribution in [0.25, 0.3) is 0 Å². The minimum Gasteiger partial charge on any atom is -0.313 e. The highest BCUT2D eigenvalue weighted by molar-refractivity contribution is 5.30. The average Bonchev–Trinajstić information content (AvgIpc) is 2.54. The number of benzene rings is 2. The summed E-state index contributed by atoms with van der Waals surface area (Å²) in [5.74, 6) is 0.756. The highest BCUT2D eigenvalue weighted by Gasteiger charge is 2.12. The molecule has 0 aliphatic carbocycles. The first-order valence-corrected chi connectivity index (χ1v) is 8.03. The van der Waals surface area contributed by atoms with Crippen molar-refractivity contribution in [3.05, 3.63) is 71.3 Å². The van der Waals surface area contributed by atoms with Gasteiger partial charge in [0.1, 0.15) is 0 Å². The normalized spacial score (nSPS) is 13.9. The molecule has 112 valence electrons. The zero-order chi connectivity index (χ0) is 15.1. The van der Waals surface area contributed by atoms with Gasteiger partial charge in [0.2, 0.25) is 0 Å². The zero-order valence-electron chi connectivity index (χ0n) is 13.5. The van der Waals surface area contributed by atoms with Crippen molar-refractivity contribution in [1.29, 1.82) is 0 Å². The molecule has 2 unspecified atom stereocenters. The van der Waals surface area contributed by atoms with Crippen LogP contribution in [0.3, 0.4) is 0 Å². The largest absolute Gasteiger partial charge is 0.313 e. The van der Waals surface area contributed by atoms with E-state index >= 15 is 0 Å². The van der Waals surface area contributed by atoms with Gasteiger partial charge in [-0.25, -0.2) is 0 Å². The third-order valence-corrected chi connectivity index (χ3v) is 4.32. The molecule has 0 saturated heterocycles. The Hall–Kier alpha value is -1.60. The second-order valence-corrected chi connectivity index (χ2v) is 5.99. The average molecular weight is 281 g/mol. The maximum absolute atomic E-state index is 3.45. The lowest BCUT2D eigenvalue weighted by Gasteiger charge is -2.20. The Balaban J connectivity index is 2.03. The molecule has 0 aliphatic rings. The molecule has 2 atom stereocenters. The lowest BCUT2D eigenvalue weighted by atomic mass is 9.93. The van der Waals surface area contributed by atoms with Crippen LogP contribution < -0.4 is 5.32 Å². The molecule has 0 aromatic heterocycles. The van der Waals surface area contributed by atoms with Gasteiger partial charge in [-0.15, -0.1) is 0 Å². The molecule has 1 nitrogen and oxygen atoms in total. The third kappa shape index (κ3) is 4.71. The van der Waals surface area contributed by atoms with Crippen LogP contribution in [0.1, 0.15) is 49.4 Å². The Morgan fingerprint density at radius 3 is 2.10 bits per heavy atom. The number of rotatable bonds is 7. The summed E-state index contributed by atoms with van der Waals surface area (Å²) >= 11 is 0. The zero-order valence-corrected chi connectivity index (χ0v) is 13.5. The lowest BCUT2D eigenvalue weighted by molar-refractivity contribution is 0.422. The second kappa shape index (κ2) is 7.99. The fourth-order valence-electron chi connectivity index (χ4n) is 2.69. The van der Waals surface area contributed by atoms with Crippen LogP contribution in [-0.2, 0) is 6.42 Å². The van der Waals surface area contributed by atoms with Crippen LogP contribution in [-0.4, -0.2) is 7.05 Å². The van der Waals surface area contributed by atoms with E-state index in [0.29, 0.717) is 6.04 Å². The van der Waals surface area contributed by atoms with Gasteiger partial charge in [-0.05, 0) is 42.5 Å². The molecular formula is C20H27N. The van der Waals surface area contributed by atoms with Crippen molar-refractivity contribution < 1.29 is 0 Å². The standard InChI is InChI=1S/C20H27N/c1-4-16(2)14-20(21-3)19-12-10-18(11-13-19)15-17-8-6-5-7-9-17/h5-13,16,20-21H,4,14-15H2,1-3H3. The molecule has 0 radical (unpaired) electrons. The van der Waals surface area contributed by atoms with E-state index in [1.807, 2.05) is 0 Å². The summed E-state index contributed by atoms with van der Waals surface area (Å²) in [5.41, 5.74) is 4.15. The lowest BCUT2D eigenvalue weighted by Crippen LogP contribution is -2.18. The predicted molar refractivity (Wildman–Crippen MR) is 91.6 cm³/mol. The van der Waals surface area contributed by atoms with E-state index in [1.54, 1.807) is 0 Å². The fourth-order valence-corrected chi connectivity index (χ4v) is 2.69. The molecule has 0 amide bonds. The Labute approximate surface area is 129 Å². The van der Waals surface area contributed by atoms with Crippen molar-refractivity contribution in [2.75, 3.05) is 7.05 Å². The Morgan fingerprint density at radius 1 is 0.905 bits per heavy atom. The summed E-state index contributed by atoms with van der Waals surface area (Å²) in [4.78, 5) is 0. The van der Waals surface area contributed by atoms with Crippen molar-refractivity contribution >= 4 is 0 Å². The summed E-state index contributed by atoms with van der Waals surface area (Å²) in [6, 6.07) is 20.2. The van der Waals surface area contributed by atoms with Gasteiger partial charge in [0.15, 0.2) is 0 Å². The van der Waals surface area contributed by atoms with Crippen LogP contribution in [0.15, 0.2) is 54.6 Å². The van der Waals surface area contributed by atoms with E-state index in [0.717, 1.165) is 12.3 Å². The molecule has 1 N–H and O–H groups in total. The molecule has 0 fully saturated rings. The summed E-state index contributed by atoms with van der Waals surface area (Å²) in [5, 5.41) is 3.45. The number of hydrogen-bond donors (Lipinski definition) is 1.